The van der Waals surface area contributed by atoms with Gasteiger partial charge in [-0.2, -0.15) is 0 Å². The van der Waals surface area contributed by atoms with Crippen LogP contribution >= 0.6 is 0 Å². The lowest BCUT2D eigenvalue weighted by Crippen LogP contribution is -2.27. The van der Waals surface area contributed by atoms with Crippen molar-refractivity contribution in [1.29, 1.82) is 0 Å². The molecule has 1 unspecified atom stereocenters. The molecule has 1 aliphatic heterocycles. The third-order valence-electron chi connectivity index (χ3n) is 5.95. The van der Waals surface area contributed by atoms with Crippen molar-refractivity contribution in [2.24, 2.45) is 0 Å². The van der Waals surface area contributed by atoms with Gasteiger partial charge in [-0.15, -0.1) is 0 Å². The Morgan fingerprint density at radius 2 is 1.71 bits per heavy atom. The number of carboxylic acids is 1. The average molecular weight is 469 g/mol. The standard InChI is InChI=1S/C28H24N2O5/c31-24-15-14-23(30(24)17-19-8-7-13-22(16-19)34-18-25(32)33)28-29-26(20-9-3-1-4-10-20)27(35-28)21-11-5-2-6-12-21/h1-13,16,23H,14-15,17-18H2,(H,32,33). The van der Waals surface area contributed by atoms with Gasteiger partial charge in [-0.3, -0.25) is 4.79 Å². The van der Waals surface area contributed by atoms with Gasteiger partial charge in [0.2, 0.25) is 11.8 Å². The van der Waals surface area contributed by atoms with Crippen molar-refractivity contribution >= 4 is 11.9 Å². The first-order chi connectivity index (χ1) is 17.1. The summed E-state index contributed by atoms with van der Waals surface area (Å²) < 4.78 is 11.6. The highest BCUT2D eigenvalue weighted by molar-refractivity contribution is 5.80. The number of likely N-dealkylation sites (tertiary alicyclic amines) is 1. The zero-order valence-electron chi connectivity index (χ0n) is 19.0. The van der Waals surface area contributed by atoms with Gasteiger partial charge in [0, 0.05) is 24.1 Å². The molecule has 1 saturated heterocycles. The normalized spacial score (nSPS) is 15.4. The molecule has 176 valence electrons. The summed E-state index contributed by atoms with van der Waals surface area (Å²) in [6, 6.07) is 26.5. The second kappa shape index (κ2) is 9.85. The molecule has 1 N–H and O–H groups in total. The number of hydrogen-bond acceptors (Lipinski definition) is 5. The lowest BCUT2D eigenvalue weighted by molar-refractivity contribution is -0.139. The van der Waals surface area contributed by atoms with E-state index in [1.54, 1.807) is 23.1 Å². The number of aliphatic carboxylic acids is 1. The minimum absolute atomic E-state index is 0.0209. The first-order valence-electron chi connectivity index (χ1n) is 11.4. The van der Waals surface area contributed by atoms with E-state index in [0.29, 0.717) is 36.8 Å². The van der Waals surface area contributed by atoms with Crippen molar-refractivity contribution in [3.8, 4) is 28.3 Å². The quantitative estimate of drug-likeness (QED) is 0.375. The minimum atomic E-state index is -1.04. The summed E-state index contributed by atoms with van der Waals surface area (Å²) in [5.74, 6) is 0.606. The van der Waals surface area contributed by atoms with Crippen LogP contribution in [0, 0.1) is 0 Å². The van der Waals surface area contributed by atoms with E-state index in [0.717, 1.165) is 22.4 Å². The number of hydrogen-bond donors (Lipinski definition) is 1. The van der Waals surface area contributed by atoms with Crippen LogP contribution < -0.4 is 4.74 Å². The van der Waals surface area contributed by atoms with Gasteiger partial charge in [-0.25, -0.2) is 9.78 Å². The topological polar surface area (TPSA) is 92.9 Å². The third-order valence-corrected chi connectivity index (χ3v) is 5.95. The SMILES string of the molecule is O=C(O)COc1cccc(CN2C(=O)CCC2c2nc(-c3ccccc3)c(-c3ccccc3)o2)c1. The number of carboxylic acid groups (broad SMARTS) is 1. The number of carbonyl (C=O) groups is 2. The maximum Gasteiger partial charge on any atom is 0.341 e. The van der Waals surface area contributed by atoms with Crippen molar-refractivity contribution in [2.45, 2.75) is 25.4 Å². The van der Waals surface area contributed by atoms with Crippen molar-refractivity contribution in [1.82, 2.24) is 9.88 Å². The van der Waals surface area contributed by atoms with E-state index in [9.17, 15) is 9.59 Å². The van der Waals surface area contributed by atoms with Crippen LogP contribution in [0.1, 0.15) is 30.3 Å². The van der Waals surface area contributed by atoms with Gasteiger partial charge in [0.15, 0.2) is 12.4 Å². The van der Waals surface area contributed by atoms with Gasteiger partial charge in [0.1, 0.15) is 17.5 Å². The molecule has 5 rings (SSSR count). The van der Waals surface area contributed by atoms with Gasteiger partial charge in [0.25, 0.3) is 0 Å². The maximum absolute atomic E-state index is 12.8. The van der Waals surface area contributed by atoms with Crippen LogP contribution in [0.3, 0.4) is 0 Å². The van der Waals surface area contributed by atoms with Gasteiger partial charge in [-0.1, -0.05) is 72.8 Å². The highest BCUT2D eigenvalue weighted by atomic mass is 16.5. The van der Waals surface area contributed by atoms with Crippen molar-refractivity contribution in [3.63, 3.8) is 0 Å². The number of amides is 1. The predicted octanol–water partition coefficient (Wildman–Crippen LogP) is 5.34. The fraction of sp³-hybridized carbons (Fsp3) is 0.179. The van der Waals surface area contributed by atoms with E-state index in [2.05, 4.69) is 0 Å². The second-order valence-electron chi connectivity index (χ2n) is 8.37. The van der Waals surface area contributed by atoms with Crippen molar-refractivity contribution < 1.29 is 23.8 Å². The number of rotatable bonds is 8. The molecule has 1 amide bonds. The Morgan fingerprint density at radius 3 is 2.43 bits per heavy atom. The Balaban J connectivity index is 1.46. The van der Waals surface area contributed by atoms with Crippen LogP contribution in [0.4, 0.5) is 0 Å². The molecular formula is C28H24N2O5. The molecule has 7 nitrogen and oxygen atoms in total. The molecule has 0 saturated carbocycles. The van der Waals surface area contributed by atoms with Crippen LogP contribution in [0.5, 0.6) is 5.75 Å². The summed E-state index contributed by atoms with van der Waals surface area (Å²) in [6.45, 7) is -0.0763. The lowest BCUT2D eigenvalue weighted by Gasteiger charge is -2.22. The molecule has 3 aromatic carbocycles. The number of nitrogens with zero attached hydrogens (tertiary/aromatic N) is 2. The summed E-state index contributed by atoms with van der Waals surface area (Å²) >= 11 is 0. The van der Waals surface area contributed by atoms with Crippen molar-refractivity contribution in [2.75, 3.05) is 6.61 Å². The summed E-state index contributed by atoms with van der Waals surface area (Å²) in [5, 5.41) is 8.86. The highest BCUT2D eigenvalue weighted by Gasteiger charge is 2.36. The predicted molar refractivity (Wildman–Crippen MR) is 129 cm³/mol. The highest BCUT2D eigenvalue weighted by Crippen LogP contribution is 2.39. The Morgan fingerprint density at radius 1 is 1.00 bits per heavy atom. The zero-order valence-corrected chi connectivity index (χ0v) is 19.0. The largest absolute Gasteiger partial charge is 0.482 e. The summed E-state index contributed by atoms with van der Waals surface area (Å²) in [5.41, 5.74) is 3.45. The Kier molecular flexibility index (Phi) is 6.30. The summed E-state index contributed by atoms with van der Waals surface area (Å²) in [4.78, 5) is 30.3. The number of oxazole rings is 1. The van der Waals surface area contributed by atoms with Gasteiger partial charge in [-0.05, 0) is 24.1 Å². The van der Waals surface area contributed by atoms with E-state index in [1.165, 1.54) is 0 Å². The fourth-order valence-corrected chi connectivity index (χ4v) is 4.32. The third kappa shape index (κ3) is 4.94. The number of ether oxygens (including phenoxy) is 1. The molecule has 0 radical (unpaired) electrons. The van der Waals surface area contributed by atoms with Crippen LogP contribution in [0.15, 0.2) is 89.3 Å². The zero-order chi connectivity index (χ0) is 24.2. The van der Waals surface area contributed by atoms with Crippen LogP contribution in [0.25, 0.3) is 22.6 Å². The number of aromatic nitrogens is 1. The van der Waals surface area contributed by atoms with E-state index < -0.39 is 12.6 Å². The molecule has 0 spiro atoms. The van der Waals surface area contributed by atoms with Gasteiger partial charge >= 0.3 is 5.97 Å². The van der Waals surface area contributed by atoms with Gasteiger partial charge < -0.3 is 19.2 Å². The molecule has 1 fully saturated rings. The van der Waals surface area contributed by atoms with E-state index in [1.807, 2.05) is 66.7 Å². The van der Waals surface area contributed by atoms with Gasteiger partial charge in [0.05, 0.1) is 0 Å². The van der Waals surface area contributed by atoms with Crippen molar-refractivity contribution in [3.05, 3.63) is 96.4 Å². The van der Waals surface area contributed by atoms with E-state index in [4.69, 9.17) is 19.2 Å². The summed E-state index contributed by atoms with van der Waals surface area (Å²) in [7, 11) is 0. The minimum Gasteiger partial charge on any atom is -0.482 e. The first kappa shape index (κ1) is 22.4. The molecule has 2 heterocycles. The maximum atomic E-state index is 12.8. The first-order valence-corrected chi connectivity index (χ1v) is 11.4. The molecule has 7 heteroatoms. The molecular weight excluding hydrogens is 444 g/mol. The number of carbonyl (C=O) groups excluding carboxylic acids is 1. The molecule has 1 atom stereocenters. The summed E-state index contributed by atoms with van der Waals surface area (Å²) in [6.07, 6.45) is 1.01. The monoisotopic (exact) mass is 468 g/mol. The average Bonchev–Trinajstić information content (AvgIpc) is 3.48. The second-order valence-corrected chi connectivity index (χ2v) is 8.37. The molecule has 0 aliphatic carbocycles. The fourth-order valence-electron chi connectivity index (χ4n) is 4.32. The number of benzene rings is 3. The molecule has 35 heavy (non-hydrogen) atoms. The van der Waals surface area contributed by atoms with E-state index in [-0.39, 0.29) is 11.9 Å². The molecule has 1 aliphatic rings. The van der Waals surface area contributed by atoms with Crippen LogP contribution in [-0.2, 0) is 16.1 Å². The Hall–Kier alpha value is -4.39. The van der Waals surface area contributed by atoms with Crippen LogP contribution in [-0.4, -0.2) is 33.5 Å². The smallest absolute Gasteiger partial charge is 0.341 e. The lowest BCUT2D eigenvalue weighted by atomic mass is 10.1. The molecule has 4 aromatic rings. The Labute approximate surface area is 202 Å². The Bertz CT molecular complexity index is 1280. The van der Waals surface area contributed by atoms with Crippen LogP contribution in [0.2, 0.25) is 0 Å². The molecule has 1 aromatic heterocycles. The van der Waals surface area contributed by atoms with E-state index >= 15 is 0 Å². The molecule has 0 bridgehead atoms.